The second kappa shape index (κ2) is 11.6. The third kappa shape index (κ3) is 4.57. The molecule has 0 saturated carbocycles. The minimum absolute atomic E-state index is 0.262. The highest BCUT2D eigenvalue weighted by Crippen LogP contribution is 2.47. The van der Waals surface area contributed by atoms with E-state index in [1.54, 1.807) is 0 Å². The van der Waals surface area contributed by atoms with E-state index < -0.39 is 0 Å². The fourth-order valence-corrected chi connectivity index (χ4v) is 8.01. The number of fused-ring (bicyclic) bond motifs is 8. The van der Waals surface area contributed by atoms with Crippen LogP contribution in [-0.2, 0) is 0 Å². The largest absolute Gasteiger partial charge is 0.453 e. The maximum Gasteiger partial charge on any atom is 0.159 e. The molecule has 0 saturated heterocycles. The number of benzene rings is 8. The van der Waals surface area contributed by atoms with Gasteiger partial charge in [-0.25, -0.2) is 0 Å². The van der Waals surface area contributed by atoms with E-state index in [0.717, 1.165) is 50.8 Å². The lowest BCUT2D eigenvalue weighted by Crippen LogP contribution is -2.18. The molecule has 1 aromatic heterocycles. The molecular formula is C48H33NO. The van der Waals surface area contributed by atoms with E-state index >= 15 is 0 Å². The van der Waals surface area contributed by atoms with Gasteiger partial charge in [0.2, 0.25) is 0 Å². The van der Waals surface area contributed by atoms with Crippen molar-refractivity contribution in [3.63, 3.8) is 0 Å². The maximum absolute atomic E-state index is 7.10. The van der Waals surface area contributed by atoms with E-state index in [4.69, 9.17) is 4.42 Å². The Hall–Kier alpha value is -6.38. The van der Waals surface area contributed by atoms with E-state index in [0.29, 0.717) is 0 Å². The first-order valence-corrected chi connectivity index (χ1v) is 17.4. The molecule has 8 aromatic carbocycles. The Morgan fingerprint density at radius 3 is 1.94 bits per heavy atom. The average molecular weight is 640 g/mol. The van der Waals surface area contributed by atoms with Gasteiger partial charge in [0.15, 0.2) is 5.58 Å². The lowest BCUT2D eigenvalue weighted by atomic mass is 9.90. The van der Waals surface area contributed by atoms with Crippen LogP contribution in [0.15, 0.2) is 192 Å². The van der Waals surface area contributed by atoms with Crippen molar-refractivity contribution in [3.8, 4) is 11.1 Å². The van der Waals surface area contributed by atoms with Crippen LogP contribution in [0.2, 0.25) is 0 Å². The van der Waals surface area contributed by atoms with Crippen LogP contribution >= 0.6 is 0 Å². The van der Waals surface area contributed by atoms with Crippen molar-refractivity contribution >= 4 is 65.6 Å². The van der Waals surface area contributed by atoms with Crippen LogP contribution in [0.5, 0.6) is 0 Å². The molecule has 0 radical (unpaired) electrons. The van der Waals surface area contributed by atoms with Crippen LogP contribution in [0.25, 0.3) is 65.4 Å². The summed E-state index contributed by atoms with van der Waals surface area (Å²) in [7, 11) is 0. The van der Waals surface area contributed by atoms with E-state index in [1.807, 2.05) is 0 Å². The maximum atomic E-state index is 7.10. The quantitative estimate of drug-likeness (QED) is 0.174. The fourth-order valence-electron chi connectivity index (χ4n) is 8.01. The Labute approximate surface area is 290 Å². The Kier molecular flexibility index (Phi) is 6.67. The van der Waals surface area contributed by atoms with Crippen LogP contribution < -0.4 is 4.90 Å². The van der Waals surface area contributed by atoms with Gasteiger partial charge >= 0.3 is 0 Å². The van der Waals surface area contributed by atoms with Crippen molar-refractivity contribution < 1.29 is 4.42 Å². The summed E-state index contributed by atoms with van der Waals surface area (Å²) in [4.78, 5) is 2.44. The third-order valence-electron chi connectivity index (χ3n) is 10.3. The summed E-state index contributed by atoms with van der Waals surface area (Å²) in [6, 6.07) is 58.9. The summed E-state index contributed by atoms with van der Waals surface area (Å²) >= 11 is 0. The number of hydrogen-bond donors (Lipinski definition) is 0. The SMILES string of the molecule is C1=CC(N(c2cc3ccccc3c3ccccc23)c2cccc3c2oc2c4ccccc4c(-c4ccccc4)cc32)=CC(c2ccccc2)C1. The first-order chi connectivity index (χ1) is 24.8. The molecule has 10 rings (SSSR count). The van der Waals surface area contributed by atoms with Gasteiger partial charge in [0, 0.05) is 33.2 Å². The van der Waals surface area contributed by atoms with Gasteiger partial charge in [0.25, 0.3) is 0 Å². The normalized spacial score (nSPS) is 14.6. The van der Waals surface area contributed by atoms with Crippen molar-refractivity contribution in [1.82, 2.24) is 0 Å². The molecule has 0 fully saturated rings. The number of anilines is 2. The summed E-state index contributed by atoms with van der Waals surface area (Å²) < 4.78 is 7.10. The van der Waals surface area contributed by atoms with E-state index in [1.165, 1.54) is 43.6 Å². The molecule has 1 unspecified atom stereocenters. The number of nitrogens with zero attached hydrogens (tertiary/aromatic N) is 1. The number of furan rings is 1. The molecule has 1 atom stereocenters. The van der Waals surface area contributed by atoms with Crippen molar-refractivity contribution in [2.75, 3.05) is 4.90 Å². The second-order valence-corrected chi connectivity index (χ2v) is 13.2. The van der Waals surface area contributed by atoms with Crippen LogP contribution in [0.1, 0.15) is 17.9 Å². The molecule has 9 aromatic rings. The zero-order valence-electron chi connectivity index (χ0n) is 27.5. The minimum atomic E-state index is 0.262. The van der Waals surface area contributed by atoms with Gasteiger partial charge in [0.1, 0.15) is 5.58 Å². The third-order valence-corrected chi connectivity index (χ3v) is 10.3. The molecular weight excluding hydrogens is 607 g/mol. The van der Waals surface area contributed by atoms with Crippen molar-refractivity contribution in [2.24, 2.45) is 0 Å². The Morgan fingerprint density at radius 1 is 0.480 bits per heavy atom. The van der Waals surface area contributed by atoms with E-state index in [2.05, 4.69) is 187 Å². The van der Waals surface area contributed by atoms with E-state index in [-0.39, 0.29) is 5.92 Å². The topological polar surface area (TPSA) is 16.4 Å². The lowest BCUT2D eigenvalue weighted by molar-refractivity contribution is 0.672. The van der Waals surface area contributed by atoms with Gasteiger partial charge in [-0.05, 0) is 68.9 Å². The fraction of sp³-hybridized carbons (Fsp3) is 0.0417. The average Bonchev–Trinajstić information content (AvgIpc) is 3.58. The smallest absolute Gasteiger partial charge is 0.159 e. The number of hydrogen-bond acceptors (Lipinski definition) is 2. The van der Waals surface area contributed by atoms with E-state index in [9.17, 15) is 0 Å². The van der Waals surface area contributed by atoms with Gasteiger partial charge in [-0.15, -0.1) is 0 Å². The predicted molar refractivity (Wildman–Crippen MR) is 211 cm³/mol. The predicted octanol–water partition coefficient (Wildman–Crippen LogP) is 13.5. The molecule has 0 bridgehead atoms. The highest BCUT2D eigenvalue weighted by atomic mass is 16.3. The first kappa shape index (κ1) is 28.6. The molecule has 2 nitrogen and oxygen atoms in total. The molecule has 0 aliphatic heterocycles. The van der Waals surface area contributed by atoms with Crippen LogP contribution in [0.3, 0.4) is 0 Å². The van der Waals surface area contributed by atoms with Crippen LogP contribution in [-0.4, -0.2) is 0 Å². The Morgan fingerprint density at radius 2 is 1.12 bits per heavy atom. The van der Waals surface area contributed by atoms with Gasteiger partial charge in [-0.3, -0.25) is 0 Å². The highest BCUT2D eigenvalue weighted by molar-refractivity contribution is 6.21. The summed E-state index contributed by atoms with van der Waals surface area (Å²) in [6.07, 6.45) is 8.00. The minimum Gasteiger partial charge on any atom is -0.453 e. The zero-order valence-corrected chi connectivity index (χ0v) is 27.5. The van der Waals surface area contributed by atoms with Crippen molar-refractivity contribution in [1.29, 1.82) is 0 Å². The molecule has 1 aliphatic carbocycles. The zero-order chi connectivity index (χ0) is 33.0. The van der Waals surface area contributed by atoms with Gasteiger partial charge < -0.3 is 9.32 Å². The summed E-state index contributed by atoms with van der Waals surface area (Å²) in [6.45, 7) is 0. The van der Waals surface area contributed by atoms with Crippen molar-refractivity contribution in [3.05, 3.63) is 193 Å². The number of para-hydroxylation sites is 1. The van der Waals surface area contributed by atoms with Crippen molar-refractivity contribution in [2.45, 2.75) is 12.3 Å². The highest BCUT2D eigenvalue weighted by Gasteiger charge is 2.25. The van der Waals surface area contributed by atoms with Gasteiger partial charge in [-0.2, -0.15) is 0 Å². The molecule has 50 heavy (non-hydrogen) atoms. The Balaban J connectivity index is 1.29. The van der Waals surface area contributed by atoms with Crippen LogP contribution in [0.4, 0.5) is 11.4 Å². The Bertz CT molecular complexity index is 2790. The first-order valence-electron chi connectivity index (χ1n) is 17.4. The summed E-state index contributed by atoms with van der Waals surface area (Å²) in [5, 5.41) is 9.44. The summed E-state index contributed by atoms with van der Waals surface area (Å²) in [5.74, 6) is 0.262. The molecule has 0 N–H and O–H groups in total. The molecule has 236 valence electrons. The molecule has 0 spiro atoms. The molecule has 1 aliphatic rings. The molecule has 2 heteroatoms. The van der Waals surface area contributed by atoms with Gasteiger partial charge in [0.05, 0.1) is 11.4 Å². The molecule has 0 amide bonds. The summed E-state index contributed by atoms with van der Waals surface area (Å²) in [5.41, 5.74) is 8.81. The lowest BCUT2D eigenvalue weighted by Gasteiger charge is -2.31. The molecule has 1 heterocycles. The standard InChI is InChI=1S/C48H33NO/c1-3-15-32(16-4-1)34-20-13-21-36(29-34)49(46-30-35-19-7-8-22-37(35)38-23-9-11-25-40(38)46)45-28-14-27-42-44-31-43(33-17-5-2-6-18-33)39-24-10-12-26-41(39)47(44)50-48(42)45/h1-19,21-31,34H,20H2. The van der Waals surface area contributed by atoms with Gasteiger partial charge in [-0.1, -0.05) is 158 Å². The monoisotopic (exact) mass is 639 g/mol. The second-order valence-electron chi connectivity index (χ2n) is 13.2. The van der Waals surface area contributed by atoms with Crippen LogP contribution in [0, 0.1) is 0 Å². The number of allylic oxidation sites excluding steroid dienone is 3. The number of rotatable bonds is 5.